The standard InChI is InChI=1S/C37H62O7/c1-21(2)17-29(39)44-28-13-14-34(7)25-12-15-36-20-37(36,35(25,8)27(38)19-26(34)32(28,3)4)16-11-23(36)22-18-24(43-31(22)41-9)30(40)33(5,6)42-10/h21-28,30-31,38,40H,11-20H2,1-10H3/t22-,23-,24+,25+,26-,27+,28+,30-,31+,34+,35-,36+,37+/m0/s1. The molecule has 44 heavy (non-hydrogen) atoms. The van der Waals surface area contributed by atoms with Crippen LogP contribution in [0.5, 0.6) is 0 Å². The molecule has 252 valence electrons. The largest absolute Gasteiger partial charge is 0.462 e. The minimum absolute atomic E-state index is 0.0787. The van der Waals surface area contributed by atoms with Crippen molar-refractivity contribution in [2.45, 2.75) is 156 Å². The molecule has 6 fully saturated rings. The zero-order valence-electron chi connectivity index (χ0n) is 29.3. The van der Waals surface area contributed by atoms with Crippen LogP contribution in [0.2, 0.25) is 0 Å². The van der Waals surface area contributed by atoms with Gasteiger partial charge in [-0.3, -0.25) is 4.79 Å². The summed E-state index contributed by atoms with van der Waals surface area (Å²) in [7, 11) is 3.38. The third kappa shape index (κ3) is 4.33. The van der Waals surface area contributed by atoms with Gasteiger partial charge in [-0.1, -0.05) is 41.5 Å². The van der Waals surface area contributed by atoms with Gasteiger partial charge in [-0.2, -0.15) is 0 Å². The predicted octanol–water partition coefficient (Wildman–Crippen LogP) is 6.52. The van der Waals surface area contributed by atoms with Crippen LogP contribution < -0.4 is 0 Å². The van der Waals surface area contributed by atoms with E-state index in [0.29, 0.717) is 24.2 Å². The molecule has 0 radical (unpaired) electrons. The molecule has 1 heterocycles. The fourth-order valence-corrected chi connectivity index (χ4v) is 13.1. The van der Waals surface area contributed by atoms with Gasteiger partial charge >= 0.3 is 5.97 Å². The van der Waals surface area contributed by atoms with E-state index < -0.39 is 11.7 Å². The summed E-state index contributed by atoms with van der Waals surface area (Å²) in [6.07, 6.45) is 7.98. The van der Waals surface area contributed by atoms with Crippen LogP contribution in [0.3, 0.4) is 0 Å². The molecule has 13 atom stereocenters. The van der Waals surface area contributed by atoms with Crippen LogP contribution in [-0.4, -0.2) is 66.7 Å². The number of ether oxygens (including phenoxy) is 4. The Balaban J connectivity index is 1.25. The van der Waals surface area contributed by atoms with Crippen LogP contribution in [0.4, 0.5) is 0 Å². The van der Waals surface area contributed by atoms with E-state index in [9.17, 15) is 15.0 Å². The summed E-state index contributed by atoms with van der Waals surface area (Å²) in [4.78, 5) is 12.8. The van der Waals surface area contributed by atoms with Crippen LogP contribution >= 0.6 is 0 Å². The summed E-state index contributed by atoms with van der Waals surface area (Å²) < 4.78 is 24.2. The van der Waals surface area contributed by atoms with Crippen LogP contribution in [0.15, 0.2) is 0 Å². The van der Waals surface area contributed by atoms with E-state index in [1.807, 2.05) is 13.8 Å². The first-order chi connectivity index (χ1) is 20.4. The van der Waals surface area contributed by atoms with Crippen molar-refractivity contribution in [2.75, 3.05) is 14.2 Å². The number of hydrogen-bond donors (Lipinski definition) is 2. The summed E-state index contributed by atoms with van der Waals surface area (Å²) >= 11 is 0. The van der Waals surface area contributed by atoms with E-state index in [-0.39, 0.29) is 69.5 Å². The zero-order valence-corrected chi connectivity index (χ0v) is 29.3. The summed E-state index contributed by atoms with van der Waals surface area (Å²) in [5.74, 6) is 1.66. The molecule has 0 aromatic rings. The second kappa shape index (κ2) is 10.6. The van der Waals surface area contributed by atoms with Crippen molar-refractivity contribution in [1.82, 2.24) is 0 Å². The topological polar surface area (TPSA) is 94.5 Å². The summed E-state index contributed by atoms with van der Waals surface area (Å²) in [5.41, 5.74) is -0.559. The summed E-state index contributed by atoms with van der Waals surface area (Å²) in [6.45, 7) is 17.5. The molecule has 0 bridgehead atoms. The maximum Gasteiger partial charge on any atom is 0.306 e. The van der Waals surface area contributed by atoms with E-state index in [4.69, 9.17) is 18.9 Å². The molecule has 0 aromatic carbocycles. The van der Waals surface area contributed by atoms with Gasteiger partial charge in [0.1, 0.15) is 12.2 Å². The molecule has 0 aromatic heterocycles. The number of rotatable bonds is 8. The Kier molecular flexibility index (Phi) is 8.02. The first-order valence-corrected chi connectivity index (χ1v) is 17.7. The van der Waals surface area contributed by atoms with Gasteiger partial charge in [0.25, 0.3) is 0 Å². The molecule has 5 aliphatic carbocycles. The SMILES string of the molecule is CO[C@@H]1O[C@@H]([C@H](O)C(C)(C)OC)C[C@H]1[C@@H]1CC[C@]23C[C@]12CC[C@@H]1[C@@]2(C)CC[C@@H](OC(=O)CC(C)C)C(C)(C)[C@@H]2C[C@@H](O)[C@]13C. The van der Waals surface area contributed by atoms with Crippen molar-refractivity contribution in [1.29, 1.82) is 0 Å². The molecule has 0 unspecified atom stereocenters. The second-order valence-corrected chi connectivity index (χ2v) is 18.1. The van der Waals surface area contributed by atoms with Gasteiger partial charge in [0.2, 0.25) is 0 Å². The minimum atomic E-state index is -0.730. The lowest BCUT2D eigenvalue weighted by molar-refractivity contribution is -0.246. The van der Waals surface area contributed by atoms with Crippen LogP contribution in [0.1, 0.15) is 120 Å². The van der Waals surface area contributed by atoms with Crippen molar-refractivity contribution >= 4 is 5.97 Å². The molecular weight excluding hydrogens is 556 g/mol. The van der Waals surface area contributed by atoms with Crippen molar-refractivity contribution in [3.05, 3.63) is 0 Å². The number of aliphatic hydroxyl groups excluding tert-OH is 2. The van der Waals surface area contributed by atoms with Gasteiger partial charge < -0.3 is 29.2 Å². The Morgan fingerprint density at radius 3 is 2.34 bits per heavy atom. The first-order valence-electron chi connectivity index (χ1n) is 17.7. The summed E-state index contributed by atoms with van der Waals surface area (Å²) in [6, 6.07) is 0. The first kappa shape index (κ1) is 33.2. The highest BCUT2D eigenvalue weighted by atomic mass is 16.7. The Labute approximate surface area is 266 Å². The van der Waals surface area contributed by atoms with Crippen LogP contribution in [0.25, 0.3) is 0 Å². The van der Waals surface area contributed by atoms with E-state index in [1.54, 1.807) is 14.2 Å². The number of carbonyl (C=O) groups is 1. The fourth-order valence-electron chi connectivity index (χ4n) is 13.1. The molecule has 5 saturated carbocycles. The van der Waals surface area contributed by atoms with E-state index >= 15 is 0 Å². The van der Waals surface area contributed by atoms with Crippen LogP contribution in [-0.2, 0) is 23.7 Å². The highest BCUT2D eigenvalue weighted by molar-refractivity contribution is 5.69. The lowest BCUT2D eigenvalue weighted by Crippen LogP contribution is -2.66. The number of methoxy groups -OCH3 is 2. The lowest BCUT2D eigenvalue weighted by Gasteiger charge is -2.68. The average Bonchev–Trinajstić information content (AvgIpc) is 3.27. The molecular formula is C37H62O7. The van der Waals surface area contributed by atoms with Crippen LogP contribution in [0, 0.1) is 56.7 Å². The highest BCUT2D eigenvalue weighted by Gasteiger charge is 2.86. The van der Waals surface area contributed by atoms with Gasteiger partial charge in [0.05, 0.1) is 17.8 Å². The Bertz CT molecular complexity index is 1120. The smallest absolute Gasteiger partial charge is 0.306 e. The van der Waals surface area contributed by atoms with E-state index in [2.05, 4.69) is 41.5 Å². The molecule has 0 amide bonds. The average molecular weight is 619 g/mol. The molecule has 1 aliphatic heterocycles. The minimum Gasteiger partial charge on any atom is -0.462 e. The monoisotopic (exact) mass is 618 g/mol. The maximum atomic E-state index is 12.8. The molecule has 7 heteroatoms. The van der Waals surface area contributed by atoms with Gasteiger partial charge in [0, 0.05) is 37.4 Å². The number of fused-ring (bicyclic) bond motifs is 3. The number of aliphatic hydroxyl groups is 2. The maximum absolute atomic E-state index is 12.8. The quantitative estimate of drug-likeness (QED) is 0.299. The Hall–Kier alpha value is -0.730. The Morgan fingerprint density at radius 2 is 1.70 bits per heavy atom. The number of hydrogen-bond acceptors (Lipinski definition) is 7. The van der Waals surface area contributed by atoms with Crippen molar-refractivity contribution in [3.8, 4) is 0 Å². The molecule has 1 saturated heterocycles. The van der Waals surface area contributed by atoms with Gasteiger partial charge in [-0.15, -0.1) is 0 Å². The zero-order chi connectivity index (χ0) is 32.3. The van der Waals surface area contributed by atoms with E-state index in [0.717, 1.165) is 44.9 Å². The highest BCUT2D eigenvalue weighted by Crippen LogP contribution is 2.91. The molecule has 6 rings (SSSR count). The molecule has 6 aliphatic rings. The normalized spacial score (nSPS) is 49.9. The molecule has 7 nitrogen and oxygen atoms in total. The molecule has 2 N–H and O–H groups in total. The van der Waals surface area contributed by atoms with E-state index in [1.165, 1.54) is 12.8 Å². The Morgan fingerprint density at radius 1 is 1.00 bits per heavy atom. The number of esters is 1. The number of carbonyl (C=O) groups excluding carboxylic acids is 1. The van der Waals surface area contributed by atoms with Crippen molar-refractivity contribution in [2.24, 2.45) is 56.7 Å². The fraction of sp³-hybridized carbons (Fsp3) is 0.973. The third-order valence-corrected chi connectivity index (χ3v) is 15.4. The predicted molar refractivity (Wildman–Crippen MR) is 168 cm³/mol. The second-order valence-electron chi connectivity index (χ2n) is 18.1. The lowest BCUT2D eigenvalue weighted by atomic mass is 9.37. The van der Waals surface area contributed by atoms with Gasteiger partial charge in [-0.05, 0) is 112 Å². The summed E-state index contributed by atoms with van der Waals surface area (Å²) in [5, 5.41) is 23.6. The van der Waals surface area contributed by atoms with Crippen molar-refractivity contribution in [3.63, 3.8) is 0 Å². The van der Waals surface area contributed by atoms with Crippen molar-refractivity contribution < 1.29 is 34.0 Å². The van der Waals surface area contributed by atoms with Gasteiger partial charge in [0.15, 0.2) is 6.29 Å². The molecule has 0 spiro atoms. The van der Waals surface area contributed by atoms with Gasteiger partial charge in [-0.25, -0.2) is 0 Å². The third-order valence-electron chi connectivity index (χ3n) is 15.4.